The van der Waals surface area contributed by atoms with Crippen molar-refractivity contribution >= 4 is 11.5 Å². The van der Waals surface area contributed by atoms with Crippen LogP contribution in [0.15, 0.2) is 36.4 Å². The molecule has 0 bridgehead atoms. The molecule has 28 heavy (non-hydrogen) atoms. The molecule has 0 N–H and O–H groups in total. The first-order chi connectivity index (χ1) is 13.5. The molecule has 0 spiro atoms. The Kier molecular flexibility index (Phi) is 4.70. The van der Waals surface area contributed by atoms with Gasteiger partial charge in [0.2, 0.25) is 0 Å². The lowest BCUT2D eigenvalue weighted by molar-refractivity contribution is -0.146. The summed E-state index contributed by atoms with van der Waals surface area (Å²) in [6.07, 6.45) is -4.12. The van der Waals surface area contributed by atoms with Crippen LogP contribution in [-0.2, 0) is 6.18 Å². The fraction of sp³-hybridized carbons (Fsp3) is 0.389. The average molecular weight is 393 g/mol. The Hall–Kier alpha value is -3.04. The van der Waals surface area contributed by atoms with Crippen molar-refractivity contribution in [2.75, 3.05) is 24.6 Å². The number of aromatic nitrogens is 4. The fourth-order valence-corrected chi connectivity index (χ4v) is 3.09. The molecule has 0 fully saturated rings. The van der Waals surface area contributed by atoms with Gasteiger partial charge in [0.05, 0.1) is 6.54 Å². The molecule has 3 heterocycles. The van der Waals surface area contributed by atoms with Crippen LogP contribution in [0.4, 0.5) is 19.0 Å². The summed E-state index contributed by atoms with van der Waals surface area (Å²) in [5, 5.41) is 10.9. The molecule has 148 valence electrons. The van der Waals surface area contributed by atoms with Gasteiger partial charge in [0, 0.05) is 6.54 Å². The summed E-state index contributed by atoms with van der Waals surface area (Å²) < 4.78 is 51.8. The van der Waals surface area contributed by atoms with Gasteiger partial charge in [-0.1, -0.05) is 19.1 Å². The van der Waals surface area contributed by atoms with Gasteiger partial charge in [0.15, 0.2) is 23.3 Å². The second kappa shape index (κ2) is 7.17. The normalized spacial score (nSPS) is 16.4. The quantitative estimate of drug-likeness (QED) is 0.663. The summed E-state index contributed by atoms with van der Waals surface area (Å²) in [6, 6.07) is 10.5. The Morgan fingerprint density at radius 2 is 1.93 bits per heavy atom. The van der Waals surface area contributed by atoms with Crippen molar-refractivity contribution in [3.63, 3.8) is 0 Å². The molecule has 3 aromatic rings. The molecular weight excluding hydrogens is 375 g/mol. The van der Waals surface area contributed by atoms with Gasteiger partial charge in [-0.15, -0.1) is 15.3 Å². The van der Waals surface area contributed by atoms with Gasteiger partial charge < -0.3 is 14.4 Å². The van der Waals surface area contributed by atoms with Crippen LogP contribution < -0.4 is 14.4 Å². The number of halogens is 3. The van der Waals surface area contributed by atoms with Crippen LogP contribution in [0.3, 0.4) is 0 Å². The van der Waals surface area contributed by atoms with E-state index in [0.717, 1.165) is 10.9 Å². The van der Waals surface area contributed by atoms with Crippen LogP contribution in [0.1, 0.15) is 19.2 Å². The Morgan fingerprint density at radius 1 is 1.14 bits per heavy atom. The minimum atomic E-state index is -4.63. The van der Waals surface area contributed by atoms with Crippen molar-refractivity contribution in [1.29, 1.82) is 0 Å². The zero-order valence-electron chi connectivity index (χ0n) is 15.1. The zero-order chi connectivity index (χ0) is 19.7. The molecule has 1 aliphatic rings. The smallest absolute Gasteiger partial charge is 0.453 e. The number of benzene rings is 1. The van der Waals surface area contributed by atoms with E-state index >= 15 is 0 Å². The summed E-state index contributed by atoms with van der Waals surface area (Å²) in [5.74, 6) is 0.575. The number of anilines is 1. The van der Waals surface area contributed by atoms with Gasteiger partial charge in [-0.2, -0.15) is 17.7 Å². The third kappa shape index (κ3) is 3.54. The number of hydrogen-bond acceptors (Lipinski definition) is 6. The Morgan fingerprint density at radius 3 is 2.68 bits per heavy atom. The van der Waals surface area contributed by atoms with Crippen molar-refractivity contribution in [2.45, 2.75) is 25.6 Å². The van der Waals surface area contributed by atoms with E-state index in [0.29, 0.717) is 37.0 Å². The number of alkyl halides is 3. The Bertz CT molecular complexity index is 975. The summed E-state index contributed by atoms with van der Waals surface area (Å²) in [7, 11) is 0. The van der Waals surface area contributed by atoms with Crippen LogP contribution in [0.5, 0.6) is 11.5 Å². The number of para-hydroxylation sites is 2. The van der Waals surface area contributed by atoms with E-state index in [-0.39, 0.29) is 11.8 Å². The molecule has 2 aromatic heterocycles. The third-order valence-electron chi connectivity index (χ3n) is 4.31. The lowest BCUT2D eigenvalue weighted by Gasteiger charge is -2.31. The van der Waals surface area contributed by atoms with Crippen LogP contribution in [0, 0.1) is 0 Å². The average Bonchev–Trinajstić information content (AvgIpc) is 3.11. The van der Waals surface area contributed by atoms with Crippen LogP contribution in [0.2, 0.25) is 0 Å². The first-order valence-electron chi connectivity index (χ1n) is 8.89. The van der Waals surface area contributed by atoms with Crippen molar-refractivity contribution in [3.8, 4) is 11.5 Å². The molecule has 1 atom stereocenters. The molecular formula is C18H18F3N5O2. The van der Waals surface area contributed by atoms with Gasteiger partial charge in [0.1, 0.15) is 12.4 Å². The number of ether oxygens (including phenoxy) is 2. The summed E-state index contributed by atoms with van der Waals surface area (Å²) >= 11 is 0. The van der Waals surface area contributed by atoms with Crippen LogP contribution >= 0.6 is 0 Å². The van der Waals surface area contributed by atoms with E-state index in [1.54, 1.807) is 6.07 Å². The Labute approximate surface area is 158 Å². The van der Waals surface area contributed by atoms with Gasteiger partial charge in [-0.25, -0.2) is 0 Å². The van der Waals surface area contributed by atoms with E-state index in [9.17, 15) is 13.2 Å². The Balaban J connectivity index is 1.59. The highest BCUT2D eigenvalue weighted by Gasteiger charge is 2.38. The molecule has 0 saturated heterocycles. The number of nitrogens with zero attached hydrogens (tertiary/aromatic N) is 5. The molecule has 0 amide bonds. The first kappa shape index (κ1) is 18.3. The molecule has 10 heteroatoms. The molecule has 0 aliphatic carbocycles. The molecule has 4 rings (SSSR count). The zero-order valence-corrected chi connectivity index (χ0v) is 15.1. The lowest BCUT2D eigenvalue weighted by atomic mass is 10.2. The van der Waals surface area contributed by atoms with Gasteiger partial charge in [-0.3, -0.25) is 0 Å². The first-order valence-corrected chi connectivity index (χ1v) is 8.89. The van der Waals surface area contributed by atoms with Crippen LogP contribution in [-0.4, -0.2) is 45.6 Å². The van der Waals surface area contributed by atoms with E-state index in [1.165, 1.54) is 6.07 Å². The van der Waals surface area contributed by atoms with Crippen molar-refractivity contribution in [1.82, 2.24) is 19.8 Å². The monoisotopic (exact) mass is 393 g/mol. The standard InChI is InChI=1S/C18H18F3N5O2/c1-2-9-25(10-12-11-27-13-5-3-4-6-14(13)28-12)16-8-7-15-22-23-17(18(19,20)21)26(15)24-16/h3-8,12H,2,9-11H2,1H3/t12-/m1/s1. The van der Waals surface area contributed by atoms with Gasteiger partial charge in [0.25, 0.3) is 5.82 Å². The van der Waals surface area contributed by atoms with Crippen molar-refractivity contribution in [2.24, 2.45) is 0 Å². The summed E-state index contributed by atoms with van der Waals surface area (Å²) in [4.78, 5) is 1.88. The largest absolute Gasteiger partial charge is 0.486 e. The molecule has 1 aliphatic heterocycles. The van der Waals surface area contributed by atoms with Crippen LogP contribution in [0.25, 0.3) is 5.65 Å². The van der Waals surface area contributed by atoms with E-state index in [1.807, 2.05) is 36.1 Å². The highest BCUT2D eigenvalue weighted by molar-refractivity contribution is 5.46. The predicted molar refractivity (Wildman–Crippen MR) is 94.6 cm³/mol. The molecule has 0 saturated carbocycles. The maximum atomic E-state index is 13.1. The third-order valence-corrected chi connectivity index (χ3v) is 4.31. The highest BCUT2D eigenvalue weighted by atomic mass is 19.4. The number of rotatable bonds is 5. The highest BCUT2D eigenvalue weighted by Crippen LogP contribution is 2.32. The molecule has 7 nitrogen and oxygen atoms in total. The number of fused-ring (bicyclic) bond motifs is 2. The van der Waals surface area contributed by atoms with Gasteiger partial charge in [-0.05, 0) is 30.7 Å². The topological polar surface area (TPSA) is 64.8 Å². The van der Waals surface area contributed by atoms with Crippen molar-refractivity contribution < 1.29 is 22.6 Å². The second-order valence-electron chi connectivity index (χ2n) is 6.43. The van der Waals surface area contributed by atoms with E-state index in [4.69, 9.17) is 9.47 Å². The van der Waals surface area contributed by atoms with E-state index in [2.05, 4.69) is 15.3 Å². The fourth-order valence-electron chi connectivity index (χ4n) is 3.09. The molecule has 1 aromatic carbocycles. The molecule has 0 radical (unpaired) electrons. The summed E-state index contributed by atoms with van der Waals surface area (Å²) in [5.41, 5.74) is 0.0405. The SMILES string of the molecule is CCCN(C[C@@H]1COc2ccccc2O1)c1ccc2nnc(C(F)(F)F)n2n1. The summed E-state index contributed by atoms with van der Waals surface area (Å²) in [6.45, 7) is 3.35. The van der Waals surface area contributed by atoms with Gasteiger partial charge >= 0.3 is 6.18 Å². The second-order valence-corrected chi connectivity index (χ2v) is 6.43. The maximum absolute atomic E-state index is 13.1. The predicted octanol–water partition coefficient (Wildman–Crippen LogP) is 3.20. The minimum Gasteiger partial charge on any atom is -0.486 e. The number of hydrogen-bond donors (Lipinski definition) is 0. The minimum absolute atomic E-state index is 0.0405. The van der Waals surface area contributed by atoms with Crippen molar-refractivity contribution in [3.05, 3.63) is 42.2 Å². The lowest BCUT2D eigenvalue weighted by Crippen LogP contribution is -2.42. The maximum Gasteiger partial charge on any atom is 0.453 e. The molecule has 0 unspecified atom stereocenters. The van der Waals surface area contributed by atoms with E-state index < -0.39 is 12.0 Å².